The summed E-state index contributed by atoms with van der Waals surface area (Å²) < 4.78 is 21.0. The van der Waals surface area contributed by atoms with Crippen molar-refractivity contribution in [1.29, 1.82) is 0 Å². The van der Waals surface area contributed by atoms with Crippen LogP contribution in [0.2, 0.25) is 0 Å². The molecule has 2 aromatic rings. The zero-order valence-corrected chi connectivity index (χ0v) is 14.0. The third kappa shape index (κ3) is 3.83. The average molecular weight is 352 g/mol. The fourth-order valence-corrected chi connectivity index (χ4v) is 2.70. The zero-order valence-electron chi connectivity index (χ0n) is 12.4. The van der Waals surface area contributed by atoms with Gasteiger partial charge in [0.25, 0.3) is 0 Å². The maximum absolute atomic E-state index is 14.2. The molecule has 0 spiro atoms. The number of rotatable bonds is 5. The van der Waals surface area contributed by atoms with Crippen molar-refractivity contribution in [3.05, 3.63) is 57.8 Å². The summed E-state index contributed by atoms with van der Waals surface area (Å²) in [7, 11) is 0. The minimum Gasteiger partial charge on any atom is -0.454 e. The first kappa shape index (κ1) is 16.0. The quantitative estimate of drug-likeness (QED) is 0.782. The summed E-state index contributed by atoms with van der Waals surface area (Å²) in [4.78, 5) is 0. The number of nitrogens with one attached hydrogen (secondary N) is 1. The molecule has 0 aliphatic heterocycles. The van der Waals surface area contributed by atoms with E-state index in [4.69, 9.17) is 4.74 Å². The molecule has 2 aromatic carbocycles. The van der Waals surface area contributed by atoms with Crippen LogP contribution in [0.15, 0.2) is 40.9 Å². The van der Waals surface area contributed by atoms with Gasteiger partial charge in [-0.3, -0.25) is 0 Å². The molecular formula is C17H19BrFNO. The van der Waals surface area contributed by atoms with Crippen molar-refractivity contribution in [2.45, 2.75) is 26.8 Å². The molecule has 0 bridgehead atoms. The summed E-state index contributed by atoms with van der Waals surface area (Å²) >= 11 is 3.41. The van der Waals surface area contributed by atoms with Crippen LogP contribution in [0, 0.1) is 12.7 Å². The third-order valence-electron chi connectivity index (χ3n) is 3.32. The SMILES string of the molecule is CCNC(C)c1cccc(F)c1Oc1ccc(Br)cc1C. The van der Waals surface area contributed by atoms with Gasteiger partial charge in [0, 0.05) is 16.1 Å². The van der Waals surface area contributed by atoms with E-state index in [2.05, 4.69) is 21.2 Å². The Bertz CT molecular complexity index is 630. The Balaban J connectivity index is 2.38. The molecule has 0 saturated heterocycles. The normalized spacial score (nSPS) is 12.2. The van der Waals surface area contributed by atoms with Crippen LogP contribution in [-0.4, -0.2) is 6.54 Å². The van der Waals surface area contributed by atoms with E-state index in [1.54, 1.807) is 6.07 Å². The molecular weight excluding hydrogens is 333 g/mol. The topological polar surface area (TPSA) is 21.3 Å². The Labute approximate surface area is 133 Å². The minimum absolute atomic E-state index is 0.0245. The largest absolute Gasteiger partial charge is 0.454 e. The highest BCUT2D eigenvalue weighted by molar-refractivity contribution is 9.10. The van der Waals surface area contributed by atoms with Gasteiger partial charge in [-0.15, -0.1) is 0 Å². The Kier molecular flexibility index (Phi) is 5.37. The van der Waals surface area contributed by atoms with Gasteiger partial charge in [-0.05, 0) is 50.2 Å². The molecule has 0 fully saturated rings. The lowest BCUT2D eigenvalue weighted by Gasteiger charge is -2.18. The molecule has 21 heavy (non-hydrogen) atoms. The summed E-state index contributed by atoms with van der Waals surface area (Å²) in [5.74, 6) is 0.601. The van der Waals surface area contributed by atoms with E-state index in [0.717, 1.165) is 22.1 Å². The maximum atomic E-state index is 14.2. The van der Waals surface area contributed by atoms with Crippen molar-refractivity contribution in [2.24, 2.45) is 0 Å². The molecule has 0 amide bonds. The van der Waals surface area contributed by atoms with Crippen molar-refractivity contribution in [2.75, 3.05) is 6.54 Å². The molecule has 0 aromatic heterocycles. The maximum Gasteiger partial charge on any atom is 0.167 e. The van der Waals surface area contributed by atoms with E-state index in [9.17, 15) is 4.39 Å². The average Bonchev–Trinajstić information content (AvgIpc) is 2.43. The van der Waals surface area contributed by atoms with Crippen LogP contribution >= 0.6 is 15.9 Å². The smallest absolute Gasteiger partial charge is 0.167 e. The van der Waals surface area contributed by atoms with Crippen molar-refractivity contribution < 1.29 is 9.13 Å². The molecule has 2 nitrogen and oxygen atoms in total. The second-order valence-electron chi connectivity index (χ2n) is 4.95. The molecule has 1 atom stereocenters. The van der Waals surface area contributed by atoms with E-state index < -0.39 is 0 Å². The first-order valence-corrected chi connectivity index (χ1v) is 7.78. The number of halogens is 2. The van der Waals surface area contributed by atoms with Gasteiger partial charge in [0.05, 0.1) is 0 Å². The van der Waals surface area contributed by atoms with Crippen molar-refractivity contribution in [3.8, 4) is 11.5 Å². The number of hydrogen-bond donors (Lipinski definition) is 1. The fourth-order valence-electron chi connectivity index (χ4n) is 2.23. The summed E-state index contributed by atoms with van der Waals surface area (Å²) in [6, 6.07) is 10.7. The summed E-state index contributed by atoms with van der Waals surface area (Å²) in [6.07, 6.45) is 0. The highest BCUT2D eigenvalue weighted by Gasteiger charge is 2.16. The second kappa shape index (κ2) is 7.05. The Morgan fingerprint density at radius 3 is 2.71 bits per heavy atom. The predicted octanol–water partition coefficient (Wildman–Crippen LogP) is 5.36. The number of aryl methyl sites for hydroxylation is 1. The van der Waals surface area contributed by atoms with Gasteiger partial charge >= 0.3 is 0 Å². The van der Waals surface area contributed by atoms with Gasteiger partial charge in [0.2, 0.25) is 0 Å². The van der Waals surface area contributed by atoms with Gasteiger partial charge in [-0.2, -0.15) is 0 Å². The van der Waals surface area contributed by atoms with Crippen molar-refractivity contribution in [1.82, 2.24) is 5.32 Å². The lowest BCUT2D eigenvalue weighted by molar-refractivity contribution is 0.424. The van der Waals surface area contributed by atoms with Gasteiger partial charge in [-0.25, -0.2) is 4.39 Å². The molecule has 2 rings (SSSR count). The van der Waals surface area contributed by atoms with Crippen LogP contribution < -0.4 is 10.1 Å². The highest BCUT2D eigenvalue weighted by Crippen LogP contribution is 2.34. The van der Waals surface area contributed by atoms with Crippen molar-refractivity contribution >= 4 is 15.9 Å². The van der Waals surface area contributed by atoms with E-state index >= 15 is 0 Å². The highest BCUT2D eigenvalue weighted by atomic mass is 79.9. The first-order chi connectivity index (χ1) is 10.0. The number of ether oxygens (including phenoxy) is 1. The van der Waals surface area contributed by atoms with E-state index in [-0.39, 0.29) is 17.6 Å². The third-order valence-corrected chi connectivity index (χ3v) is 3.82. The van der Waals surface area contributed by atoms with Crippen LogP contribution in [-0.2, 0) is 0 Å². The Morgan fingerprint density at radius 2 is 2.05 bits per heavy atom. The zero-order chi connectivity index (χ0) is 15.4. The van der Waals surface area contributed by atoms with Gasteiger partial charge < -0.3 is 10.1 Å². The summed E-state index contributed by atoms with van der Waals surface area (Å²) in [5, 5.41) is 3.28. The monoisotopic (exact) mass is 351 g/mol. The molecule has 0 saturated carbocycles. The molecule has 0 heterocycles. The molecule has 112 valence electrons. The van der Waals surface area contributed by atoms with Gasteiger partial charge in [-0.1, -0.05) is 35.0 Å². The van der Waals surface area contributed by atoms with Crippen LogP contribution in [0.4, 0.5) is 4.39 Å². The molecule has 1 unspecified atom stereocenters. The molecule has 1 N–H and O–H groups in total. The Hall–Kier alpha value is -1.39. The molecule has 0 radical (unpaired) electrons. The summed E-state index contributed by atoms with van der Waals surface area (Å²) in [5.41, 5.74) is 1.77. The first-order valence-electron chi connectivity index (χ1n) is 6.98. The molecule has 0 aliphatic rings. The van der Waals surface area contributed by atoms with E-state index in [1.807, 2.05) is 45.0 Å². The van der Waals surface area contributed by atoms with Crippen LogP contribution in [0.5, 0.6) is 11.5 Å². The van der Waals surface area contributed by atoms with E-state index in [0.29, 0.717) is 5.75 Å². The minimum atomic E-state index is -0.348. The standard InChI is InChI=1S/C17H19BrFNO/c1-4-20-12(3)14-6-5-7-15(19)17(14)21-16-9-8-13(18)10-11(16)2/h5-10,12,20H,4H2,1-3H3. The lowest BCUT2D eigenvalue weighted by atomic mass is 10.1. The number of para-hydroxylation sites is 1. The number of benzene rings is 2. The van der Waals surface area contributed by atoms with Gasteiger partial charge in [0.15, 0.2) is 11.6 Å². The Morgan fingerprint density at radius 1 is 1.29 bits per heavy atom. The van der Waals surface area contributed by atoms with Crippen LogP contribution in [0.25, 0.3) is 0 Å². The molecule has 4 heteroatoms. The van der Waals surface area contributed by atoms with Crippen LogP contribution in [0.1, 0.15) is 31.0 Å². The van der Waals surface area contributed by atoms with Gasteiger partial charge in [0.1, 0.15) is 5.75 Å². The van der Waals surface area contributed by atoms with Crippen molar-refractivity contribution in [3.63, 3.8) is 0 Å². The van der Waals surface area contributed by atoms with Crippen LogP contribution in [0.3, 0.4) is 0 Å². The van der Waals surface area contributed by atoms with E-state index in [1.165, 1.54) is 6.07 Å². The second-order valence-corrected chi connectivity index (χ2v) is 5.87. The summed E-state index contributed by atoms with van der Waals surface area (Å²) in [6.45, 7) is 6.78. The predicted molar refractivity (Wildman–Crippen MR) is 87.4 cm³/mol. The lowest BCUT2D eigenvalue weighted by Crippen LogP contribution is -2.18. The molecule has 0 aliphatic carbocycles. The fraction of sp³-hybridized carbons (Fsp3) is 0.294. The number of hydrogen-bond acceptors (Lipinski definition) is 2.